The summed E-state index contributed by atoms with van der Waals surface area (Å²) in [7, 11) is 1.62. The predicted octanol–water partition coefficient (Wildman–Crippen LogP) is 1.45. The number of carbonyl (C=O) groups excluding carboxylic acids is 1. The van der Waals surface area contributed by atoms with E-state index in [1.807, 2.05) is 18.7 Å². The minimum absolute atomic E-state index is 0.0790. The quantitative estimate of drug-likeness (QED) is 0.635. The van der Waals surface area contributed by atoms with Gasteiger partial charge in [0.25, 0.3) is 0 Å². The molecule has 0 saturated heterocycles. The van der Waals surface area contributed by atoms with Gasteiger partial charge >= 0.3 is 0 Å². The predicted molar refractivity (Wildman–Crippen MR) is 70.6 cm³/mol. The highest BCUT2D eigenvalue weighted by molar-refractivity contribution is 5.79. The fourth-order valence-electron chi connectivity index (χ4n) is 2.13. The number of aliphatic hydroxyl groups is 1. The zero-order valence-corrected chi connectivity index (χ0v) is 11.9. The minimum atomic E-state index is -0.685. The van der Waals surface area contributed by atoms with Crippen LogP contribution in [0.2, 0.25) is 0 Å². The van der Waals surface area contributed by atoms with Crippen molar-refractivity contribution >= 4 is 5.91 Å². The van der Waals surface area contributed by atoms with Crippen LogP contribution in [-0.4, -0.2) is 42.3 Å². The fourth-order valence-corrected chi connectivity index (χ4v) is 2.13. The molecule has 0 aliphatic carbocycles. The number of hydrogen-bond donors (Lipinski definition) is 2. The first kappa shape index (κ1) is 16.4. The molecule has 1 amide bonds. The summed E-state index contributed by atoms with van der Waals surface area (Å²) >= 11 is 0. The molecular weight excluding hydrogens is 216 g/mol. The average Bonchev–Trinajstić information content (AvgIpc) is 2.28. The van der Waals surface area contributed by atoms with Crippen LogP contribution in [0.1, 0.15) is 40.5 Å². The maximum Gasteiger partial charge on any atom is 0.227 e. The Morgan fingerprint density at radius 3 is 2.00 bits per heavy atom. The van der Waals surface area contributed by atoms with E-state index in [1.165, 1.54) is 0 Å². The first-order valence-electron chi connectivity index (χ1n) is 6.63. The number of carbonyl (C=O) groups is 1. The zero-order chi connectivity index (χ0) is 13.4. The molecule has 2 atom stereocenters. The molecule has 17 heavy (non-hydrogen) atoms. The largest absolute Gasteiger partial charge is 0.378 e. The second-order valence-electron chi connectivity index (χ2n) is 4.83. The molecule has 2 unspecified atom stereocenters. The van der Waals surface area contributed by atoms with Gasteiger partial charge in [0.15, 0.2) is 0 Å². The van der Waals surface area contributed by atoms with Crippen molar-refractivity contribution in [2.75, 3.05) is 20.1 Å². The highest BCUT2D eigenvalue weighted by Crippen LogP contribution is 2.19. The van der Waals surface area contributed by atoms with Crippen LogP contribution in [0.25, 0.3) is 0 Å². The smallest absolute Gasteiger partial charge is 0.227 e. The molecule has 0 aliphatic rings. The molecule has 0 aliphatic heterocycles. The van der Waals surface area contributed by atoms with Crippen molar-refractivity contribution in [1.29, 1.82) is 0 Å². The molecule has 0 saturated carbocycles. The standard InChI is InChI=1S/C13H28N2O2/c1-6-8-15(9-7-2)13(17)11(10(3)4)12(16)14-5/h10-11,13,17H,6-9H2,1-5H3,(H,14,16). The van der Waals surface area contributed by atoms with E-state index in [0.717, 1.165) is 25.9 Å². The molecule has 102 valence electrons. The normalized spacial score (nSPS) is 15.1. The third-order valence-electron chi connectivity index (χ3n) is 2.98. The molecule has 0 aromatic carbocycles. The molecule has 0 aromatic heterocycles. The van der Waals surface area contributed by atoms with E-state index in [4.69, 9.17) is 0 Å². The monoisotopic (exact) mass is 244 g/mol. The Morgan fingerprint density at radius 1 is 1.24 bits per heavy atom. The molecule has 0 aromatic rings. The average molecular weight is 244 g/mol. The Bertz CT molecular complexity index is 213. The lowest BCUT2D eigenvalue weighted by Crippen LogP contribution is -2.49. The van der Waals surface area contributed by atoms with Crippen molar-refractivity contribution in [3.05, 3.63) is 0 Å². The highest BCUT2D eigenvalue weighted by Gasteiger charge is 2.32. The molecule has 0 fully saturated rings. The second-order valence-corrected chi connectivity index (χ2v) is 4.83. The second kappa shape index (κ2) is 8.48. The van der Waals surface area contributed by atoms with E-state index in [0.29, 0.717) is 0 Å². The van der Waals surface area contributed by atoms with Crippen molar-refractivity contribution in [3.8, 4) is 0 Å². The summed E-state index contributed by atoms with van der Waals surface area (Å²) < 4.78 is 0. The first-order chi connectivity index (χ1) is 7.99. The molecular formula is C13H28N2O2. The third kappa shape index (κ3) is 5.04. The van der Waals surface area contributed by atoms with Crippen molar-refractivity contribution in [1.82, 2.24) is 10.2 Å². The molecule has 0 spiro atoms. The van der Waals surface area contributed by atoms with Crippen molar-refractivity contribution in [2.45, 2.75) is 46.8 Å². The van der Waals surface area contributed by atoms with Crippen molar-refractivity contribution < 1.29 is 9.90 Å². The van der Waals surface area contributed by atoms with E-state index in [-0.39, 0.29) is 17.7 Å². The van der Waals surface area contributed by atoms with Gasteiger partial charge in [-0.05, 0) is 18.8 Å². The Kier molecular flexibility index (Phi) is 8.17. The lowest BCUT2D eigenvalue weighted by molar-refractivity contribution is -0.137. The number of rotatable bonds is 8. The summed E-state index contributed by atoms with van der Waals surface area (Å²) in [5, 5.41) is 13.0. The Balaban J connectivity index is 4.76. The topological polar surface area (TPSA) is 52.6 Å². The Hall–Kier alpha value is -0.610. The van der Waals surface area contributed by atoms with Gasteiger partial charge in [-0.2, -0.15) is 0 Å². The van der Waals surface area contributed by atoms with Crippen LogP contribution in [-0.2, 0) is 4.79 Å². The van der Waals surface area contributed by atoms with Crippen LogP contribution < -0.4 is 5.32 Å². The van der Waals surface area contributed by atoms with Crippen LogP contribution >= 0.6 is 0 Å². The number of hydrogen-bond acceptors (Lipinski definition) is 3. The summed E-state index contributed by atoms with van der Waals surface area (Å²) in [6.45, 7) is 9.77. The van der Waals surface area contributed by atoms with Crippen LogP contribution in [0.5, 0.6) is 0 Å². The zero-order valence-electron chi connectivity index (χ0n) is 11.9. The van der Waals surface area contributed by atoms with Gasteiger partial charge in [0, 0.05) is 20.1 Å². The maximum atomic E-state index is 11.8. The van der Waals surface area contributed by atoms with E-state index >= 15 is 0 Å². The summed E-state index contributed by atoms with van der Waals surface area (Å²) in [5.74, 6) is -0.316. The molecule has 0 radical (unpaired) electrons. The fraction of sp³-hybridized carbons (Fsp3) is 0.923. The summed E-state index contributed by atoms with van der Waals surface area (Å²) in [5.41, 5.74) is 0. The first-order valence-corrected chi connectivity index (χ1v) is 6.63. The Labute approximate surface area is 105 Å². The number of nitrogens with one attached hydrogen (secondary N) is 1. The Morgan fingerprint density at radius 2 is 1.71 bits per heavy atom. The van der Waals surface area contributed by atoms with Crippen LogP contribution in [0.4, 0.5) is 0 Å². The van der Waals surface area contributed by atoms with Gasteiger partial charge in [-0.3, -0.25) is 9.69 Å². The van der Waals surface area contributed by atoms with Crippen molar-refractivity contribution in [2.24, 2.45) is 11.8 Å². The SMILES string of the molecule is CCCN(CCC)C(O)C(C(=O)NC)C(C)C. The van der Waals surface area contributed by atoms with Gasteiger partial charge in [0.1, 0.15) is 6.23 Å². The van der Waals surface area contributed by atoms with Crippen LogP contribution in [0, 0.1) is 11.8 Å². The number of amides is 1. The third-order valence-corrected chi connectivity index (χ3v) is 2.98. The summed E-state index contributed by atoms with van der Waals surface area (Å²) in [6, 6.07) is 0. The number of nitrogens with zero attached hydrogens (tertiary/aromatic N) is 1. The lowest BCUT2D eigenvalue weighted by atomic mass is 9.92. The lowest BCUT2D eigenvalue weighted by Gasteiger charge is -2.34. The van der Waals surface area contributed by atoms with Gasteiger partial charge in [-0.1, -0.05) is 27.7 Å². The molecule has 4 nitrogen and oxygen atoms in total. The van der Waals surface area contributed by atoms with Crippen LogP contribution in [0.3, 0.4) is 0 Å². The van der Waals surface area contributed by atoms with Crippen molar-refractivity contribution in [3.63, 3.8) is 0 Å². The highest BCUT2D eigenvalue weighted by atomic mass is 16.3. The van der Waals surface area contributed by atoms with Gasteiger partial charge in [0.2, 0.25) is 5.91 Å². The van der Waals surface area contributed by atoms with Gasteiger partial charge in [0.05, 0.1) is 5.92 Å². The van der Waals surface area contributed by atoms with E-state index in [1.54, 1.807) is 7.05 Å². The van der Waals surface area contributed by atoms with Gasteiger partial charge in [-0.15, -0.1) is 0 Å². The van der Waals surface area contributed by atoms with E-state index < -0.39 is 6.23 Å². The molecule has 4 heteroatoms. The minimum Gasteiger partial charge on any atom is -0.378 e. The number of aliphatic hydroxyl groups excluding tert-OH is 1. The van der Waals surface area contributed by atoms with Gasteiger partial charge in [-0.25, -0.2) is 0 Å². The molecule has 2 N–H and O–H groups in total. The molecule has 0 bridgehead atoms. The summed E-state index contributed by atoms with van der Waals surface area (Å²) in [6.07, 6.45) is 1.28. The van der Waals surface area contributed by atoms with E-state index in [9.17, 15) is 9.90 Å². The maximum absolute atomic E-state index is 11.8. The molecule has 0 rings (SSSR count). The van der Waals surface area contributed by atoms with Crippen LogP contribution in [0.15, 0.2) is 0 Å². The van der Waals surface area contributed by atoms with Gasteiger partial charge < -0.3 is 10.4 Å². The van der Waals surface area contributed by atoms with E-state index in [2.05, 4.69) is 19.2 Å². The summed E-state index contributed by atoms with van der Waals surface area (Å²) in [4.78, 5) is 13.8. The molecule has 0 heterocycles.